The number of amides is 1. The first-order valence-electron chi connectivity index (χ1n) is 11.1. The van der Waals surface area contributed by atoms with Crippen molar-refractivity contribution >= 4 is 29.0 Å². The van der Waals surface area contributed by atoms with Gasteiger partial charge in [-0.15, -0.1) is 21.5 Å². The number of carbonyl (C=O) groups is 1. The lowest BCUT2D eigenvalue weighted by Crippen LogP contribution is -2.32. The lowest BCUT2D eigenvalue weighted by atomic mass is 10.2. The second-order valence-corrected chi connectivity index (χ2v) is 9.43. The Morgan fingerprint density at radius 3 is 2.62 bits per heavy atom. The topological polar surface area (TPSA) is 76.8 Å². The Bertz CT molecular complexity index is 1240. The molecule has 0 N–H and O–H groups in total. The second kappa shape index (κ2) is 11.3. The number of benzene rings is 1. The summed E-state index contributed by atoms with van der Waals surface area (Å²) in [5, 5.41) is 11.8. The molecule has 4 rings (SSSR count). The predicted molar refractivity (Wildman–Crippen MR) is 133 cm³/mol. The van der Waals surface area contributed by atoms with Crippen molar-refractivity contribution in [1.82, 2.24) is 29.6 Å². The third kappa shape index (κ3) is 5.34. The summed E-state index contributed by atoms with van der Waals surface area (Å²) in [4.78, 5) is 23.4. The molecular formula is C24H25FN6OS2. The van der Waals surface area contributed by atoms with Crippen LogP contribution in [0, 0.1) is 5.82 Å². The highest BCUT2D eigenvalue weighted by Gasteiger charge is 2.21. The van der Waals surface area contributed by atoms with Gasteiger partial charge in [-0.05, 0) is 37.1 Å². The van der Waals surface area contributed by atoms with E-state index in [1.807, 2.05) is 11.0 Å². The van der Waals surface area contributed by atoms with Gasteiger partial charge in [0.05, 0.1) is 11.4 Å². The van der Waals surface area contributed by atoms with Crippen molar-refractivity contribution in [2.24, 2.45) is 0 Å². The minimum Gasteiger partial charge on any atom is -0.337 e. The highest BCUT2D eigenvalue weighted by atomic mass is 32.2. The van der Waals surface area contributed by atoms with Crippen LogP contribution in [0.4, 0.5) is 4.39 Å². The van der Waals surface area contributed by atoms with Gasteiger partial charge < -0.3 is 4.90 Å². The maximum Gasteiger partial charge on any atom is 0.273 e. The second-order valence-electron chi connectivity index (χ2n) is 7.54. The normalized spacial score (nSPS) is 11.0. The molecule has 0 fully saturated rings. The molecular weight excluding hydrogens is 471 g/mol. The minimum absolute atomic E-state index is 0.0374. The van der Waals surface area contributed by atoms with Crippen LogP contribution in [-0.4, -0.2) is 48.6 Å². The van der Waals surface area contributed by atoms with Gasteiger partial charge in [0.1, 0.15) is 16.5 Å². The molecule has 0 spiro atoms. The molecule has 0 aliphatic rings. The summed E-state index contributed by atoms with van der Waals surface area (Å²) in [6.07, 6.45) is 5.16. The van der Waals surface area contributed by atoms with Gasteiger partial charge in [-0.2, -0.15) is 0 Å². The van der Waals surface area contributed by atoms with Crippen LogP contribution in [0.1, 0.15) is 42.2 Å². The molecule has 0 atom stereocenters. The van der Waals surface area contributed by atoms with Gasteiger partial charge >= 0.3 is 0 Å². The summed E-state index contributed by atoms with van der Waals surface area (Å²) in [5.74, 6) is 0.581. The van der Waals surface area contributed by atoms with Crippen LogP contribution in [-0.2, 0) is 5.75 Å². The van der Waals surface area contributed by atoms with E-state index < -0.39 is 0 Å². The number of carbonyl (C=O) groups excluding carboxylic acids is 1. The van der Waals surface area contributed by atoms with E-state index >= 15 is 0 Å². The third-order valence-electron chi connectivity index (χ3n) is 5.02. The molecule has 0 bridgehead atoms. The molecule has 4 aromatic rings. The molecule has 0 aliphatic carbocycles. The molecule has 10 heteroatoms. The van der Waals surface area contributed by atoms with E-state index in [2.05, 4.69) is 34.0 Å². The lowest BCUT2D eigenvalue weighted by Gasteiger charge is -2.20. The Morgan fingerprint density at radius 1 is 1.12 bits per heavy atom. The SMILES string of the molecule is CCCN(CCC)C(=O)c1csc(CSc2nnc(-c3cccnc3)n2-c2ccccc2F)n1. The summed E-state index contributed by atoms with van der Waals surface area (Å²) < 4.78 is 16.4. The molecule has 1 amide bonds. The van der Waals surface area contributed by atoms with Crippen molar-refractivity contribution in [3.63, 3.8) is 0 Å². The number of hydrogen-bond donors (Lipinski definition) is 0. The highest BCUT2D eigenvalue weighted by molar-refractivity contribution is 7.98. The van der Waals surface area contributed by atoms with Gasteiger partial charge in [-0.25, -0.2) is 9.37 Å². The van der Waals surface area contributed by atoms with E-state index in [0.717, 1.165) is 36.5 Å². The van der Waals surface area contributed by atoms with Crippen LogP contribution in [0.3, 0.4) is 0 Å². The first-order valence-corrected chi connectivity index (χ1v) is 13.0. The molecule has 0 saturated carbocycles. The monoisotopic (exact) mass is 496 g/mol. The molecule has 34 heavy (non-hydrogen) atoms. The fraction of sp³-hybridized carbons (Fsp3) is 0.292. The molecule has 176 valence electrons. The molecule has 0 radical (unpaired) electrons. The summed E-state index contributed by atoms with van der Waals surface area (Å²) >= 11 is 2.84. The van der Waals surface area contributed by atoms with Crippen molar-refractivity contribution in [3.8, 4) is 17.1 Å². The zero-order chi connectivity index (χ0) is 23.9. The van der Waals surface area contributed by atoms with Crippen LogP contribution in [0.5, 0.6) is 0 Å². The van der Waals surface area contributed by atoms with Crippen LogP contribution in [0.15, 0.2) is 59.3 Å². The Kier molecular flexibility index (Phi) is 8.02. The quantitative estimate of drug-likeness (QED) is 0.271. The number of thioether (sulfide) groups is 1. The summed E-state index contributed by atoms with van der Waals surface area (Å²) in [6.45, 7) is 5.56. The van der Waals surface area contributed by atoms with Crippen LogP contribution in [0.2, 0.25) is 0 Å². The van der Waals surface area contributed by atoms with Gasteiger partial charge in [0.2, 0.25) is 0 Å². The van der Waals surface area contributed by atoms with Gasteiger partial charge in [0.15, 0.2) is 11.0 Å². The van der Waals surface area contributed by atoms with Crippen LogP contribution in [0.25, 0.3) is 17.1 Å². The number of hydrogen-bond acceptors (Lipinski definition) is 7. The first kappa shape index (κ1) is 24.0. The van der Waals surface area contributed by atoms with Crippen molar-refractivity contribution in [2.75, 3.05) is 13.1 Å². The maximum absolute atomic E-state index is 14.7. The van der Waals surface area contributed by atoms with Crippen molar-refractivity contribution in [3.05, 3.63) is 70.7 Å². The van der Waals surface area contributed by atoms with E-state index in [1.165, 1.54) is 29.2 Å². The predicted octanol–water partition coefficient (Wildman–Crippen LogP) is 5.48. The smallest absolute Gasteiger partial charge is 0.273 e. The van der Waals surface area contributed by atoms with Gasteiger partial charge in [0.25, 0.3) is 5.91 Å². The van der Waals surface area contributed by atoms with E-state index in [0.29, 0.717) is 28.1 Å². The average molecular weight is 497 g/mol. The molecule has 1 aromatic carbocycles. The number of rotatable bonds is 10. The molecule has 3 aromatic heterocycles. The van der Waals surface area contributed by atoms with Crippen molar-refractivity contribution < 1.29 is 9.18 Å². The number of pyridine rings is 1. The number of para-hydroxylation sites is 1. The minimum atomic E-state index is -0.372. The molecule has 0 saturated heterocycles. The number of aromatic nitrogens is 5. The number of nitrogens with zero attached hydrogens (tertiary/aromatic N) is 6. The van der Waals surface area contributed by atoms with E-state index in [1.54, 1.807) is 46.6 Å². The third-order valence-corrected chi connectivity index (χ3v) is 6.99. The highest BCUT2D eigenvalue weighted by Crippen LogP contribution is 2.31. The summed E-state index contributed by atoms with van der Waals surface area (Å²) in [5.41, 5.74) is 1.56. The van der Waals surface area contributed by atoms with E-state index in [4.69, 9.17) is 0 Å². The molecule has 0 unspecified atom stereocenters. The van der Waals surface area contributed by atoms with Crippen LogP contribution >= 0.6 is 23.1 Å². The Labute approximate surface area is 206 Å². The maximum atomic E-state index is 14.7. The van der Waals surface area contributed by atoms with Crippen molar-refractivity contribution in [1.29, 1.82) is 0 Å². The first-order chi connectivity index (χ1) is 16.6. The van der Waals surface area contributed by atoms with E-state index in [9.17, 15) is 9.18 Å². The van der Waals surface area contributed by atoms with Crippen LogP contribution < -0.4 is 0 Å². The fourth-order valence-electron chi connectivity index (χ4n) is 3.51. The van der Waals surface area contributed by atoms with E-state index in [-0.39, 0.29) is 11.7 Å². The molecule has 7 nitrogen and oxygen atoms in total. The largest absolute Gasteiger partial charge is 0.337 e. The summed E-state index contributed by atoms with van der Waals surface area (Å²) in [6, 6.07) is 10.2. The zero-order valence-electron chi connectivity index (χ0n) is 19.0. The average Bonchev–Trinajstić information content (AvgIpc) is 3.50. The van der Waals surface area contributed by atoms with Gasteiger partial charge in [-0.1, -0.05) is 37.7 Å². The van der Waals surface area contributed by atoms with Crippen molar-refractivity contribution in [2.45, 2.75) is 37.6 Å². The summed E-state index contributed by atoms with van der Waals surface area (Å²) in [7, 11) is 0. The fourth-order valence-corrected chi connectivity index (χ4v) is 5.24. The zero-order valence-corrected chi connectivity index (χ0v) is 20.7. The number of halogens is 1. The number of thiazole rings is 1. The Balaban J connectivity index is 1.58. The molecule has 3 heterocycles. The Hall–Kier alpha value is -3.11. The Morgan fingerprint density at radius 2 is 1.91 bits per heavy atom. The standard InChI is InChI=1S/C24H25FN6OS2/c1-3-12-30(13-4-2)23(32)19-15-33-21(27-19)16-34-24-29-28-22(17-8-7-11-26-14-17)31(24)20-10-6-5-9-18(20)25/h5-11,14-15H,3-4,12-13,16H2,1-2H3. The van der Waals surface area contributed by atoms with Gasteiger partial charge in [0, 0.05) is 36.4 Å². The molecule has 0 aliphatic heterocycles. The van der Waals surface area contributed by atoms with Gasteiger partial charge in [-0.3, -0.25) is 14.3 Å². The lowest BCUT2D eigenvalue weighted by molar-refractivity contribution is 0.0750.